The van der Waals surface area contributed by atoms with E-state index in [4.69, 9.17) is 42.6 Å². The van der Waals surface area contributed by atoms with Crippen molar-refractivity contribution in [3.8, 4) is 0 Å². The van der Waals surface area contributed by atoms with E-state index in [0.717, 1.165) is 86.7 Å². The van der Waals surface area contributed by atoms with Gasteiger partial charge in [0.25, 0.3) is 0 Å². The maximum Gasteiger partial charge on any atom is 0.412 e. The summed E-state index contributed by atoms with van der Waals surface area (Å²) in [4.78, 5) is 68.7. The average Bonchev–Trinajstić information content (AvgIpc) is 4.05. The summed E-state index contributed by atoms with van der Waals surface area (Å²) in [5, 5.41) is 13.5. The molecule has 0 unspecified atom stereocenters. The van der Waals surface area contributed by atoms with Gasteiger partial charge in [-0.25, -0.2) is 29.5 Å². The summed E-state index contributed by atoms with van der Waals surface area (Å²) in [5.74, 6) is 1.96. The van der Waals surface area contributed by atoms with Gasteiger partial charge in [0.15, 0.2) is 11.6 Å². The third-order valence-electron chi connectivity index (χ3n) is 14.6. The molecule has 416 valence electrons. The first-order valence-corrected chi connectivity index (χ1v) is 28.5. The van der Waals surface area contributed by atoms with Crippen LogP contribution in [-0.4, -0.2) is 67.0 Å². The second-order valence-corrected chi connectivity index (χ2v) is 23.9. The molecule has 4 aliphatic carbocycles. The van der Waals surface area contributed by atoms with Gasteiger partial charge in [-0.3, -0.25) is 20.2 Å². The number of hydrogen-bond donors (Lipinski definition) is 4. The quantitative estimate of drug-likeness (QED) is 0.0758. The van der Waals surface area contributed by atoms with Crippen molar-refractivity contribution in [3.63, 3.8) is 0 Å². The Hall–Kier alpha value is -7.42. The number of amides is 2. The van der Waals surface area contributed by atoms with Gasteiger partial charge in [-0.05, 0) is 164 Å². The lowest BCUT2D eigenvalue weighted by Gasteiger charge is -2.29. The number of ether oxygens (including phenoxy) is 2. The van der Waals surface area contributed by atoms with Crippen molar-refractivity contribution in [1.29, 1.82) is 0 Å². The van der Waals surface area contributed by atoms with Crippen LogP contribution in [0.3, 0.4) is 0 Å². The summed E-state index contributed by atoms with van der Waals surface area (Å²) in [6.07, 6.45) is 16.9. The van der Waals surface area contributed by atoms with Crippen molar-refractivity contribution in [3.05, 3.63) is 176 Å². The minimum atomic E-state index is -0.590. The topological polar surface area (TPSA) is 186 Å². The zero-order valence-corrected chi connectivity index (χ0v) is 47.8. The molecule has 10 rings (SSSR count). The molecule has 4 N–H and O–H groups in total. The van der Waals surface area contributed by atoms with Gasteiger partial charge in [-0.15, -0.1) is 0 Å². The molecule has 0 bridgehead atoms. The number of nitrogens with zero attached hydrogens (tertiary/aromatic N) is 4. The molecule has 2 saturated carbocycles. The van der Waals surface area contributed by atoms with Gasteiger partial charge in [0.05, 0.1) is 33.8 Å². The summed E-state index contributed by atoms with van der Waals surface area (Å²) in [6.45, 7) is 10.9. The van der Waals surface area contributed by atoms with Crippen molar-refractivity contribution in [2.24, 2.45) is 11.8 Å². The molecular weight excluding hydrogens is 1050 g/mol. The fourth-order valence-corrected chi connectivity index (χ4v) is 11.2. The van der Waals surface area contributed by atoms with E-state index >= 15 is 0 Å². The first-order valence-electron chi connectivity index (χ1n) is 27.7. The van der Waals surface area contributed by atoms with Gasteiger partial charge in [0, 0.05) is 58.6 Å². The fraction of sp³-hybridized carbons (Fsp3) is 0.375. The first kappa shape index (κ1) is 57.3. The highest BCUT2D eigenvalue weighted by molar-refractivity contribution is 6.32. The fourth-order valence-electron chi connectivity index (χ4n) is 10.8. The smallest absolute Gasteiger partial charge is 0.412 e. The largest absolute Gasteiger partial charge is 0.444 e. The van der Waals surface area contributed by atoms with Crippen molar-refractivity contribution in [2.45, 2.75) is 142 Å². The molecule has 80 heavy (non-hydrogen) atoms. The lowest BCUT2D eigenvalue weighted by molar-refractivity contribution is 0.0624. The molecule has 16 heteroatoms. The van der Waals surface area contributed by atoms with Crippen LogP contribution in [0.4, 0.5) is 32.9 Å². The van der Waals surface area contributed by atoms with E-state index in [9.17, 15) is 19.2 Å². The standard InChI is InChI=1S/2C32H35ClN4O3/c2*1-32(2,3)40-31(39)36-24-9-6-8-22(18-24)28(38)17-20-11-14-23(15-12-20)35-30-34-19-27(33)29(37-30)26-16-13-21-7-4-5-10-25(21)26/h2*4-10,16,18-20,23H,11-15,17H2,1-3H3,(H,36,39)(H,34,35,37). The Kier molecular flexibility index (Phi) is 18.2. The number of carbonyl (C=O) groups excluding carboxylic acids is 4. The maximum absolute atomic E-state index is 13.0. The normalized spacial score (nSPS) is 18.4. The molecule has 4 aromatic carbocycles. The average molecular weight is 1120 g/mol. The summed E-state index contributed by atoms with van der Waals surface area (Å²) in [5.41, 5.74) is 9.63. The molecule has 2 amide bonds. The molecule has 4 aliphatic rings. The number of aromatic nitrogens is 4. The Morgan fingerprint density at radius 3 is 1.30 bits per heavy atom. The highest BCUT2D eigenvalue weighted by Gasteiger charge is 2.28. The number of benzene rings is 4. The van der Waals surface area contributed by atoms with E-state index in [1.165, 1.54) is 22.3 Å². The van der Waals surface area contributed by atoms with Crippen molar-refractivity contribution in [1.82, 2.24) is 19.9 Å². The Bertz CT molecular complexity index is 3090. The van der Waals surface area contributed by atoms with Crippen LogP contribution in [0, 0.1) is 11.8 Å². The monoisotopic (exact) mass is 1120 g/mol. The lowest BCUT2D eigenvalue weighted by Crippen LogP contribution is -2.28. The van der Waals surface area contributed by atoms with Gasteiger partial charge in [-0.1, -0.05) is 108 Å². The number of anilines is 4. The van der Waals surface area contributed by atoms with Gasteiger partial charge < -0.3 is 20.1 Å². The van der Waals surface area contributed by atoms with Gasteiger partial charge in [-0.2, -0.15) is 0 Å². The zero-order valence-electron chi connectivity index (χ0n) is 46.3. The second kappa shape index (κ2) is 25.4. The molecule has 0 aliphatic heterocycles. The molecule has 0 spiro atoms. The Morgan fingerprint density at radius 1 is 0.525 bits per heavy atom. The number of halogens is 2. The maximum atomic E-state index is 13.0. The summed E-state index contributed by atoms with van der Waals surface area (Å²) >= 11 is 13.0. The minimum Gasteiger partial charge on any atom is -0.444 e. The van der Waals surface area contributed by atoms with Crippen molar-refractivity contribution >= 4 is 81.4 Å². The van der Waals surface area contributed by atoms with E-state index in [1.54, 1.807) is 60.9 Å². The molecule has 2 aromatic heterocycles. The highest BCUT2D eigenvalue weighted by atomic mass is 35.5. The molecule has 14 nitrogen and oxygen atoms in total. The number of fused-ring (bicyclic) bond motifs is 2. The van der Waals surface area contributed by atoms with Crippen LogP contribution in [-0.2, 0) is 22.3 Å². The Morgan fingerprint density at radius 2 is 0.912 bits per heavy atom. The Labute approximate surface area is 479 Å². The number of nitrogens with one attached hydrogen (secondary N) is 4. The van der Waals surface area contributed by atoms with E-state index in [1.807, 2.05) is 53.7 Å². The molecule has 0 radical (unpaired) electrons. The summed E-state index contributed by atoms with van der Waals surface area (Å²) in [7, 11) is 0. The second-order valence-electron chi connectivity index (χ2n) is 23.1. The van der Waals surface area contributed by atoms with E-state index in [2.05, 4.69) is 79.8 Å². The van der Waals surface area contributed by atoms with Crippen LogP contribution in [0.15, 0.2) is 122 Å². The number of allylic oxidation sites excluding steroid dienone is 2. The molecule has 0 saturated heterocycles. The first-order chi connectivity index (χ1) is 38.3. The predicted octanol–water partition coefficient (Wildman–Crippen LogP) is 15.4. The van der Waals surface area contributed by atoms with Gasteiger partial charge in [0.1, 0.15) is 11.2 Å². The highest BCUT2D eigenvalue weighted by Crippen LogP contribution is 2.38. The van der Waals surface area contributed by atoms with Gasteiger partial charge >= 0.3 is 12.2 Å². The van der Waals surface area contributed by atoms with Crippen LogP contribution in [0.2, 0.25) is 10.0 Å². The summed E-state index contributed by atoms with van der Waals surface area (Å²) < 4.78 is 10.6. The SMILES string of the molecule is CC(C)(C)OC(=O)Nc1cccc(C(=O)CC2CCC(Nc3ncc(Cl)c(C4=CCc5ccccc54)n3)CC2)c1.CC(C)(C)OC(=O)Nc1cccc(C(=O)CC2CCC(Nc3ncc(Cl)c(C4=CCc5ccccc54)n3)CC2)c1. The lowest BCUT2D eigenvalue weighted by atomic mass is 9.82. The molecular formula is C64H70Cl2N8O6. The van der Waals surface area contributed by atoms with E-state index < -0.39 is 23.4 Å². The Balaban J connectivity index is 0.000000194. The van der Waals surface area contributed by atoms with Crippen LogP contribution >= 0.6 is 23.2 Å². The number of carbonyl (C=O) groups is 4. The van der Waals surface area contributed by atoms with Crippen LogP contribution < -0.4 is 21.3 Å². The molecule has 0 atom stereocenters. The third kappa shape index (κ3) is 15.5. The van der Waals surface area contributed by atoms with Gasteiger partial charge in [0.2, 0.25) is 11.9 Å². The van der Waals surface area contributed by atoms with Crippen molar-refractivity contribution < 1.29 is 28.7 Å². The number of hydrogen-bond acceptors (Lipinski definition) is 12. The predicted molar refractivity (Wildman–Crippen MR) is 318 cm³/mol. The van der Waals surface area contributed by atoms with Crippen LogP contribution in [0.1, 0.15) is 160 Å². The zero-order chi connectivity index (χ0) is 56.6. The third-order valence-corrected chi connectivity index (χ3v) is 15.2. The molecule has 2 fully saturated rings. The van der Waals surface area contributed by atoms with E-state index in [0.29, 0.717) is 69.1 Å². The van der Waals surface area contributed by atoms with Crippen molar-refractivity contribution in [2.75, 3.05) is 21.3 Å². The number of rotatable bonds is 14. The van der Waals surface area contributed by atoms with Crippen LogP contribution in [0.5, 0.6) is 0 Å². The van der Waals surface area contributed by atoms with Crippen LogP contribution in [0.25, 0.3) is 11.1 Å². The summed E-state index contributed by atoms with van der Waals surface area (Å²) in [6, 6.07) is 31.2. The molecule has 6 aromatic rings. The number of Topliss-reactive ketones (excluding diaryl/α,β-unsaturated/α-hetero) is 2. The number of ketones is 2. The van der Waals surface area contributed by atoms with E-state index in [-0.39, 0.29) is 23.7 Å². The molecule has 2 heterocycles. The minimum absolute atomic E-state index is 0.0834.